The summed E-state index contributed by atoms with van der Waals surface area (Å²) in [7, 11) is 1.43. The molecule has 3 rings (SSSR count). The Morgan fingerprint density at radius 2 is 1.71 bits per heavy atom. The van der Waals surface area contributed by atoms with Gasteiger partial charge in [-0.2, -0.15) is 0 Å². The number of hydrogen-bond donors (Lipinski definition) is 3. The average Bonchev–Trinajstić information content (AvgIpc) is 3.05. The molecule has 12 nitrogen and oxygen atoms in total. The molecular weight excluding hydrogens is 448 g/mol. The Morgan fingerprint density at radius 1 is 1.03 bits per heavy atom. The molecule has 1 aromatic rings. The van der Waals surface area contributed by atoms with Crippen molar-refractivity contribution in [2.45, 2.75) is 31.7 Å². The number of methoxy groups -OCH3 is 1. The molecule has 2 aliphatic heterocycles. The van der Waals surface area contributed by atoms with Crippen LogP contribution in [0.2, 0.25) is 0 Å². The fourth-order valence-corrected chi connectivity index (χ4v) is 3.69. The van der Waals surface area contributed by atoms with E-state index in [1.807, 2.05) is 0 Å². The van der Waals surface area contributed by atoms with Gasteiger partial charge in [-0.15, -0.1) is 0 Å². The molecule has 0 radical (unpaired) electrons. The van der Waals surface area contributed by atoms with Crippen LogP contribution >= 0.6 is 0 Å². The van der Waals surface area contributed by atoms with E-state index in [4.69, 9.17) is 9.47 Å². The summed E-state index contributed by atoms with van der Waals surface area (Å²) in [6.45, 7) is 0.456. The van der Waals surface area contributed by atoms with E-state index in [1.165, 1.54) is 25.3 Å². The number of carbonyl (C=O) groups excluding carboxylic acids is 6. The smallest absolute Gasteiger partial charge is 0.266 e. The minimum Gasteiger partial charge on any atom is -0.483 e. The van der Waals surface area contributed by atoms with Gasteiger partial charge in [-0.05, 0) is 31.4 Å². The zero-order valence-corrected chi connectivity index (χ0v) is 18.7. The second-order valence-electron chi connectivity index (χ2n) is 7.75. The van der Waals surface area contributed by atoms with Crippen LogP contribution in [-0.2, 0) is 23.9 Å². The van der Waals surface area contributed by atoms with Crippen molar-refractivity contribution in [2.24, 2.45) is 0 Å². The van der Waals surface area contributed by atoms with Gasteiger partial charge >= 0.3 is 0 Å². The van der Waals surface area contributed by atoms with Crippen LogP contribution in [0.5, 0.6) is 5.75 Å². The van der Waals surface area contributed by atoms with E-state index in [-0.39, 0.29) is 48.8 Å². The molecule has 0 saturated carbocycles. The van der Waals surface area contributed by atoms with Crippen LogP contribution in [0.1, 0.15) is 46.4 Å². The molecule has 0 aliphatic carbocycles. The van der Waals surface area contributed by atoms with Gasteiger partial charge in [0.1, 0.15) is 18.4 Å². The highest BCUT2D eigenvalue weighted by Gasteiger charge is 2.46. The third-order valence-corrected chi connectivity index (χ3v) is 5.31. The Morgan fingerprint density at radius 3 is 2.35 bits per heavy atom. The van der Waals surface area contributed by atoms with E-state index < -0.39 is 35.6 Å². The number of amides is 6. The maximum Gasteiger partial charge on any atom is 0.266 e. The summed E-state index contributed by atoms with van der Waals surface area (Å²) < 4.78 is 10.2. The molecule has 0 spiro atoms. The van der Waals surface area contributed by atoms with Crippen LogP contribution in [0.25, 0.3) is 0 Å². The largest absolute Gasteiger partial charge is 0.483 e. The SMILES string of the molecule is COCC(=O)NCCCCNC(=O)COc1cccc2c1C(=O)N(C1CCC(=O)NC1=O)C2=O. The lowest BCUT2D eigenvalue weighted by Gasteiger charge is -2.27. The van der Waals surface area contributed by atoms with Crippen molar-refractivity contribution in [3.05, 3.63) is 29.3 Å². The van der Waals surface area contributed by atoms with E-state index in [1.54, 1.807) is 0 Å². The quantitative estimate of drug-likeness (QED) is 0.275. The highest BCUT2D eigenvalue weighted by molar-refractivity contribution is 6.24. The third-order valence-electron chi connectivity index (χ3n) is 5.31. The van der Waals surface area contributed by atoms with Gasteiger partial charge < -0.3 is 20.1 Å². The first kappa shape index (κ1) is 24.8. The number of fused-ring (bicyclic) bond motifs is 1. The molecule has 12 heteroatoms. The number of hydrogen-bond acceptors (Lipinski definition) is 8. The van der Waals surface area contributed by atoms with Crippen molar-refractivity contribution < 1.29 is 38.2 Å². The number of ether oxygens (including phenoxy) is 2. The highest BCUT2D eigenvalue weighted by atomic mass is 16.5. The summed E-state index contributed by atoms with van der Waals surface area (Å²) in [4.78, 5) is 73.6. The van der Waals surface area contributed by atoms with Crippen molar-refractivity contribution in [3.63, 3.8) is 0 Å². The highest BCUT2D eigenvalue weighted by Crippen LogP contribution is 2.33. The summed E-state index contributed by atoms with van der Waals surface area (Å²) >= 11 is 0. The molecule has 2 aliphatic rings. The molecule has 1 unspecified atom stereocenters. The van der Waals surface area contributed by atoms with E-state index in [9.17, 15) is 28.8 Å². The first-order valence-corrected chi connectivity index (χ1v) is 10.8. The first-order valence-electron chi connectivity index (χ1n) is 10.8. The van der Waals surface area contributed by atoms with Gasteiger partial charge in [-0.3, -0.25) is 39.0 Å². The second kappa shape index (κ2) is 11.4. The van der Waals surface area contributed by atoms with Gasteiger partial charge in [0.05, 0.1) is 11.1 Å². The van der Waals surface area contributed by atoms with Gasteiger partial charge in [0.2, 0.25) is 17.7 Å². The summed E-state index contributed by atoms with van der Waals surface area (Å²) in [5.74, 6) is -3.08. The van der Waals surface area contributed by atoms with Crippen molar-refractivity contribution in [3.8, 4) is 5.75 Å². The molecule has 182 valence electrons. The van der Waals surface area contributed by atoms with Crippen LogP contribution in [0.3, 0.4) is 0 Å². The maximum absolute atomic E-state index is 13.0. The number of benzene rings is 1. The molecule has 1 aromatic carbocycles. The fraction of sp³-hybridized carbons (Fsp3) is 0.455. The van der Waals surface area contributed by atoms with Crippen molar-refractivity contribution in [2.75, 3.05) is 33.4 Å². The molecule has 2 heterocycles. The Labute approximate surface area is 195 Å². The normalized spacial score (nSPS) is 17.3. The standard InChI is InChI=1S/C22H26N4O8/c1-33-11-17(28)23-9-2-3-10-24-18(29)12-34-15-6-4-5-13-19(15)22(32)26(21(13)31)14-7-8-16(27)25-20(14)30/h4-6,14H,2-3,7-12H2,1H3,(H,23,28)(H,24,29)(H,25,27,30). The van der Waals surface area contributed by atoms with Gasteiger partial charge in [0.15, 0.2) is 6.61 Å². The Balaban J connectivity index is 1.51. The topological polar surface area (TPSA) is 160 Å². The molecule has 3 N–H and O–H groups in total. The molecular formula is C22H26N4O8. The molecule has 6 amide bonds. The van der Waals surface area contributed by atoms with Gasteiger partial charge in [-0.25, -0.2) is 0 Å². The predicted molar refractivity (Wildman–Crippen MR) is 116 cm³/mol. The Hall–Kier alpha value is -3.80. The minimum atomic E-state index is -1.08. The van der Waals surface area contributed by atoms with Crippen LogP contribution in [-0.4, -0.2) is 79.8 Å². The molecule has 1 atom stereocenters. The summed E-state index contributed by atoms with van der Waals surface area (Å²) in [5, 5.41) is 7.49. The lowest BCUT2D eigenvalue weighted by Crippen LogP contribution is -2.54. The van der Waals surface area contributed by atoms with Crippen LogP contribution in [0.4, 0.5) is 0 Å². The minimum absolute atomic E-state index is 0.00332. The van der Waals surface area contributed by atoms with E-state index in [0.29, 0.717) is 25.9 Å². The monoisotopic (exact) mass is 474 g/mol. The van der Waals surface area contributed by atoms with E-state index >= 15 is 0 Å². The van der Waals surface area contributed by atoms with Gasteiger partial charge in [0.25, 0.3) is 17.7 Å². The van der Waals surface area contributed by atoms with E-state index in [0.717, 1.165) is 4.90 Å². The lowest BCUT2D eigenvalue weighted by atomic mass is 10.0. The average molecular weight is 474 g/mol. The van der Waals surface area contributed by atoms with Gasteiger partial charge in [-0.1, -0.05) is 6.07 Å². The molecule has 0 bridgehead atoms. The summed E-state index contributed by atoms with van der Waals surface area (Å²) in [6, 6.07) is 3.34. The fourth-order valence-electron chi connectivity index (χ4n) is 3.69. The number of carbonyl (C=O) groups is 6. The third kappa shape index (κ3) is 5.76. The van der Waals surface area contributed by atoms with Crippen molar-refractivity contribution >= 4 is 35.4 Å². The predicted octanol–water partition coefficient (Wildman–Crippen LogP) is -0.874. The Bertz CT molecular complexity index is 1010. The molecule has 0 aromatic heterocycles. The number of unbranched alkanes of at least 4 members (excludes halogenated alkanes) is 1. The molecule has 1 saturated heterocycles. The molecule has 1 fully saturated rings. The molecule has 34 heavy (non-hydrogen) atoms. The number of nitrogens with one attached hydrogen (secondary N) is 3. The van der Waals surface area contributed by atoms with Crippen LogP contribution in [0, 0.1) is 0 Å². The maximum atomic E-state index is 13.0. The van der Waals surface area contributed by atoms with Crippen molar-refractivity contribution in [1.82, 2.24) is 20.9 Å². The lowest BCUT2D eigenvalue weighted by molar-refractivity contribution is -0.136. The van der Waals surface area contributed by atoms with Crippen molar-refractivity contribution in [1.29, 1.82) is 0 Å². The first-order chi connectivity index (χ1) is 16.3. The van der Waals surface area contributed by atoms with Crippen LogP contribution < -0.4 is 20.7 Å². The number of rotatable bonds is 11. The number of piperidine rings is 1. The van der Waals surface area contributed by atoms with Gasteiger partial charge in [0, 0.05) is 26.6 Å². The number of imide groups is 2. The number of nitrogens with zero attached hydrogens (tertiary/aromatic N) is 1. The Kier molecular flexibility index (Phi) is 8.30. The van der Waals surface area contributed by atoms with E-state index in [2.05, 4.69) is 16.0 Å². The van der Waals surface area contributed by atoms with Crippen LogP contribution in [0.15, 0.2) is 18.2 Å². The summed E-state index contributed by atoms with van der Waals surface area (Å²) in [5.41, 5.74) is 0.0555. The second-order valence-corrected chi connectivity index (χ2v) is 7.75. The summed E-state index contributed by atoms with van der Waals surface area (Å²) in [6.07, 6.45) is 1.36. The zero-order chi connectivity index (χ0) is 24.7. The zero-order valence-electron chi connectivity index (χ0n) is 18.7.